The van der Waals surface area contributed by atoms with Gasteiger partial charge in [-0.2, -0.15) is 0 Å². The van der Waals surface area contributed by atoms with Crippen molar-refractivity contribution in [2.24, 2.45) is 5.92 Å². The summed E-state index contributed by atoms with van der Waals surface area (Å²) in [6, 6.07) is 11.6. The van der Waals surface area contributed by atoms with Gasteiger partial charge in [0.25, 0.3) is 0 Å². The number of hydrogen-bond donors (Lipinski definition) is 2. The first-order valence-corrected chi connectivity index (χ1v) is 12.1. The van der Waals surface area contributed by atoms with Gasteiger partial charge in [-0.3, -0.25) is 14.7 Å². The van der Waals surface area contributed by atoms with Gasteiger partial charge in [0.1, 0.15) is 0 Å². The van der Waals surface area contributed by atoms with Crippen molar-refractivity contribution in [2.45, 2.75) is 65.0 Å². The normalized spacial score (nSPS) is 24.9. The number of nitrogens with zero attached hydrogens (tertiary/aromatic N) is 2. The molecule has 1 amide bonds. The summed E-state index contributed by atoms with van der Waals surface area (Å²) in [6.07, 6.45) is 4.79. The Kier molecular flexibility index (Phi) is 5.54. The minimum absolute atomic E-state index is 0.162. The van der Waals surface area contributed by atoms with E-state index in [1.165, 1.54) is 46.1 Å². The molecule has 5 heterocycles. The SMILES string of the molecule is CCC(=O)NC1C2CCN(CC2)C1c1ccc2[nH]c(-c3ccnc(C)c3)c(C(C)C)c2c1. The van der Waals surface area contributed by atoms with Gasteiger partial charge in [-0.1, -0.05) is 26.8 Å². The Balaban J connectivity index is 1.61. The lowest BCUT2D eigenvalue weighted by atomic mass is 9.76. The highest BCUT2D eigenvalue weighted by Gasteiger charge is 2.43. The minimum atomic E-state index is 0.162. The number of rotatable bonds is 5. The average Bonchev–Trinajstić information content (AvgIpc) is 3.19. The van der Waals surface area contributed by atoms with Gasteiger partial charge >= 0.3 is 0 Å². The zero-order valence-electron chi connectivity index (χ0n) is 19.6. The van der Waals surface area contributed by atoms with E-state index in [2.05, 4.69) is 64.4 Å². The second-order valence-electron chi connectivity index (χ2n) is 9.82. The standard InChI is InChI=1S/C27H34N4O/c1-5-23(32)30-26-18-9-12-31(13-10-18)27(26)20-6-7-22-21(15-20)24(16(2)3)25(29-22)19-8-11-28-17(4)14-19/h6-8,11,14-16,18,26-27,29H,5,9-10,12-13H2,1-4H3,(H,30,32). The molecule has 3 saturated heterocycles. The number of piperidine rings is 3. The summed E-state index contributed by atoms with van der Waals surface area (Å²) < 4.78 is 0. The van der Waals surface area contributed by atoms with E-state index in [0.29, 0.717) is 18.3 Å². The molecule has 3 aliphatic heterocycles. The van der Waals surface area contributed by atoms with Crippen molar-refractivity contribution in [1.29, 1.82) is 0 Å². The van der Waals surface area contributed by atoms with Crippen molar-refractivity contribution in [3.8, 4) is 11.3 Å². The predicted octanol–water partition coefficient (Wildman–Crippen LogP) is 5.32. The van der Waals surface area contributed by atoms with Crippen LogP contribution in [0.4, 0.5) is 0 Å². The maximum atomic E-state index is 12.3. The fraction of sp³-hybridized carbons (Fsp3) is 0.481. The number of aromatic nitrogens is 2. The number of carbonyl (C=O) groups excluding carboxylic acids is 1. The second kappa shape index (κ2) is 8.36. The van der Waals surface area contributed by atoms with Gasteiger partial charge in [0, 0.05) is 34.8 Å². The molecule has 2 N–H and O–H groups in total. The van der Waals surface area contributed by atoms with Crippen LogP contribution in [0.3, 0.4) is 0 Å². The van der Waals surface area contributed by atoms with Crippen LogP contribution in [0.2, 0.25) is 0 Å². The smallest absolute Gasteiger partial charge is 0.220 e. The van der Waals surface area contributed by atoms with Gasteiger partial charge in [0.2, 0.25) is 5.91 Å². The zero-order chi connectivity index (χ0) is 22.4. The molecule has 0 spiro atoms. The third-order valence-electron chi connectivity index (χ3n) is 7.43. The summed E-state index contributed by atoms with van der Waals surface area (Å²) in [5.74, 6) is 1.12. The van der Waals surface area contributed by atoms with E-state index in [0.717, 1.165) is 18.8 Å². The van der Waals surface area contributed by atoms with Crippen molar-refractivity contribution in [1.82, 2.24) is 20.2 Å². The van der Waals surface area contributed by atoms with E-state index in [1.807, 2.05) is 20.0 Å². The lowest BCUT2D eigenvalue weighted by molar-refractivity contribution is -0.124. The third kappa shape index (κ3) is 3.62. The number of nitrogens with one attached hydrogen (secondary N) is 2. The van der Waals surface area contributed by atoms with Crippen LogP contribution >= 0.6 is 0 Å². The Hall–Kier alpha value is -2.66. The Labute approximate surface area is 190 Å². The number of carbonyl (C=O) groups is 1. The zero-order valence-corrected chi connectivity index (χ0v) is 19.6. The van der Waals surface area contributed by atoms with E-state index in [-0.39, 0.29) is 18.0 Å². The number of aryl methyl sites for hydroxylation is 1. The van der Waals surface area contributed by atoms with Gasteiger partial charge in [-0.15, -0.1) is 0 Å². The molecule has 1 aromatic carbocycles. The Bertz CT molecular complexity index is 1140. The van der Waals surface area contributed by atoms with Gasteiger partial charge in [0.15, 0.2) is 0 Å². The van der Waals surface area contributed by atoms with Crippen molar-refractivity contribution in [3.63, 3.8) is 0 Å². The fourth-order valence-electron chi connectivity index (χ4n) is 5.89. The van der Waals surface area contributed by atoms with E-state index in [9.17, 15) is 4.79 Å². The summed E-state index contributed by atoms with van der Waals surface area (Å²) in [7, 11) is 0. The molecule has 2 unspecified atom stereocenters. The van der Waals surface area contributed by atoms with Crippen molar-refractivity contribution in [2.75, 3.05) is 13.1 Å². The average molecular weight is 431 g/mol. The van der Waals surface area contributed by atoms with Crippen LogP contribution in [0.15, 0.2) is 36.5 Å². The highest BCUT2D eigenvalue weighted by molar-refractivity contribution is 5.92. The summed E-state index contributed by atoms with van der Waals surface area (Å²) in [4.78, 5) is 23.0. The highest BCUT2D eigenvalue weighted by Crippen LogP contribution is 2.43. The van der Waals surface area contributed by atoms with Gasteiger partial charge in [-0.25, -0.2) is 0 Å². The highest BCUT2D eigenvalue weighted by atomic mass is 16.1. The molecule has 2 aromatic heterocycles. The quantitative estimate of drug-likeness (QED) is 0.576. The number of aromatic amines is 1. The molecule has 3 fully saturated rings. The molecule has 0 aliphatic carbocycles. The summed E-state index contributed by atoms with van der Waals surface area (Å²) >= 11 is 0. The first-order chi connectivity index (χ1) is 15.5. The molecule has 3 aliphatic rings. The Morgan fingerprint density at radius 2 is 2.00 bits per heavy atom. The lowest BCUT2D eigenvalue weighted by Gasteiger charge is -2.51. The van der Waals surface area contributed by atoms with Crippen LogP contribution in [0.25, 0.3) is 22.2 Å². The molecule has 0 radical (unpaired) electrons. The van der Waals surface area contributed by atoms with E-state index >= 15 is 0 Å². The number of benzene rings is 1. The van der Waals surface area contributed by atoms with E-state index in [1.54, 1.807) is 0 Å². The molecule has 0 saturated carbocycles. The molecule has 2 atom stereocenters. The predicted molar refractivity (Wildman–Crippen MR) is 130 cm³/mol. The Morgan fingerprint density at radius 3 is 2.69 bits per heavy atom. The second-order valence-corrected chi connectivity index (χ2v) is 9.82. The van der Waals surface area contributed by atoms with Crippen molar-refractivity contribution >= 4 is 16.8 Å². The summed E-state index contributed by atoms with van der Waals surface area (Å²) in [5.41, 5.74) is 7.26. The Morgan fingerprint density at radius 1 is 1.22 bits per heavy atom. The molecule has 2 bridgehead atoms. The van der Waals surface area contributed by atoms with Crippen LogP contribution in [0, 0.1) is 12.8 Å². The number of fused-ring (bicyclic) bond motifs is 4. The van der Waals surface area contributed by atoms with Gasteiger partial charge in [-0.05, 0) is 80.1 Å². The first kappa shape index (κ1) is 21.2. The molecular formula is C27H34N4O. The maximum absolute atomic E-state index is 12.3. The number of pyridine rings is 1. The van der Waals surface area contributed by atoms with Crippen LogP contribution in [0.1, 0.15) is 68.8 Å². The summed E-state index contributed by atoms with van der Waals surface area (Å²) in [5, 5.41) is 4.67. The number of H-pyrrole nitrogens is 1. The van der Waals surface area contributed by atoms with Crippen LogP contribution in [-0.4, -0.2) is 39.9 Å². The van der Waals surface area contributed by atoms with E-state index in [4.69, 9.17) is 0 Å². The first-order valence-electron chi connectivity index (χ1n) is 12.1. The molecule has 6 rings (SSSR count). The molecule has 32 heavy (non-hydrogen) atoms. The van der Waals surface area contributed by atoms with Crippen LogP contribution in [0.5, 0.6) is 0 Å². The monoisotopic (exact) mass is 430 g/mol. The van der Waals surface area contributed by atoms with Gasteiger partial charge in [0.05, 0.1) is 17.8 Å². The molecule has 5 nitrogen and oxygen atoms in total. The van der Waals surface area contributed by atoms with Crippen molar-refractivity contribution in [3.05, 3.63) is 53.3 Å². The summed E-state index contributed by atoms with van der Waals surface area (Å²) in [6.45, 7) is 10.8. The lowest BCUT2D eigenvalue weighted by Crippen LogP contribution is -2.58. The topological polar surface area (TPSA) is 61.0 Å². The van der Waals surface area contributed by atoms with Gasteiger partial charge < -0.3 is 10.3 Å². The molecule has 168 valence electrons. The molecule has 5 heteroatoms. The van der Waals surface area contributed by atoms with E-state index < -0.39 is 0 Å². The third-order valence-corrected chi connectivity index (χ3v) is 7.43. The maximum Gasteiger partial charge on any atom is 0.220 e. The number of hydrogen-bond acceptors (Lipinski definition) is 3. The fourth-order valence-corrected chi connectivity index (χ4v) is 5.89. The molecular weight excluding hydrogens is 396 g/mol. The van der Waals surface area contributed by atoms with Crippen LogP contribution in [-0.2, 0) is 4.79 Å². The molecule has 3 aromatic rings. The minimum Gasteiger partial charge on any atom is -0.354 e. The largest absolute Gasteiger partial charge is 0.354 e. The van der Waals surface area contributed by atoms with Crippen molar-refractivity contribution < 1.29 is 4.79 Å². The number of amides is 1. The van der Waals surface area contributed by atoms with Crippen LogP contribution < -0.4 is 5.32 Å².